The van der Waals surface area contributed by atoms with Crippen LogP contribution in [-0.2, 0) is 11.2 Å². The quantitative estimate of drug-likeness (QED) is 0.839. The van der Waals surface area contributed by atoms with Crippen molar-refractivity contribution >= 4 is 11.6 Å². The molecule has 1 aliphatic heterocycles. The van der Waals surface area contributed by atoms with Gasteiger partial charge in [0.25, 0.3) is 5.91 Å². The van der Waals surface area contributed by atoms with Crippen LogP contribution in [0.1, 0.15) is 18.1 Å². The number of piperazine rings is 1. The number of hydrogen-bond donors (Lipinski definition) is 0. The number of nitrogens with zero attached hydrogens (tertiary/aromatic N) is 2. The number of benzene rings is 2. The highest BCUT2D eigenvalue weighted by Gasteiger charge is 2.22. The van der Waals surface area contributed by atoms with Crippen LogP contribution in [0.2, 0.25) is 0 Å². The van der Waals surface area contributed by atoms with Crippen LogP contribution in [0.3, 0.4) is 0 Å². The Morgan fingerprint density at radius 1 is 1.00 bits per heavy atom. The summed E-state index contributed by atoms with van der Waals surface area (Å²) in [6.45, 7) is 7.57. The maximum atomic E-state index is 12.4. The molecular weight excluding hydrogens is 312 g/mol. The molecule has 2 aromatic rings. The molecule has 4 nitrogen and oxygen atoms in total. The topological polar surface area (TPSA) is 32.8 Å². The van der Waals surface area contributed by atoms with E-state index in [1.165, 1.54) is 16.8 Å². The summed E-state index contributed by atoms with van der Waals surface area (Å²) in [6.07, 6.45) is 1.00. The van der Waals surface area contributed by atoms with Crippen LogP contribution in [-0.4, -0.2) is 43.6 Å². The molecule has 0 atom stereocenters. The van der Waals surface area contributed by atoms with Crippen LogP contribution in [0, 0.1) is 6.92 Å². The highest BCUT2D eigenvalue weighted by atomic mass is 16.5. The van der Waals surface area contributed by atoms with Gasteiger partial charge in [0.2, 0.25) is 0 Å². The van der Waals surface area contributed by atoms with Gasteiger partial charge in [0, 0.05) is 31.9 Å². The van der Waals surface area contributed by atoms with E-state index in [4.69, 9.17) is 4.74 Å². The number of hydrogen-bond acceptors (Lipinski definition) is 3. The predicted molar refractivity (Wildman–Crippen MR) is 101 cm³/mol. The van der Waals surface area contributed by atoms with Gasteiger partial charge in [-0.05, 0) is 42.7 Å². The number of amides is 1. The van der Waals surface area contributed by atoms with Gasteiger partial charge in [-0.1, -0.05) is 37.3 Å². The van der Waals surface area contributed by atoms with Gasteiger partial charge in [-0.15, -0.1) is 0 Å². The van der Waals surface area contributed by atoms with Crippen LogP contribution in [0.5, 0.6) is 5.75 Å². The lowest BCUT2D eigenvalue weighted by atomic mass is 10.1. The molecule has 1 saturated heterocycles. The molecule has 0 aromatic heterocycles. The third-order valence-corrected chi connectivity index (χ3v) is 4.78. The van der Waals surface area contributed by atoms with Gasteiger partial charge < -0.3 is 14.5 Å². The molecule has 0 unspecified atom stereocenters. The Bertz CT molecular complexity index is 704. The van der Waals surface area contributed by atoms with Crippen LogP contribution in [0.15, 0.2) is 48.5 Å². The van der Waals surface area contributed by atoms with Crippen LogP contribution in [0.25, 0.3) is 0 Å². The maximum absolute atomic E-state index is 12.4. The van der Waals surface area contributed by atoms with Crippen LogP contribution < -0.4 is 9.64 Å². The van der Waals surface area contributed by atoms with E-state index in [-0.39, 0.29) is 12.5 Å². The van der Waals surface area contributed by atoms with Crippen LogP contribution in [0.4, 0.5) is 5.69 Å². The van der Waals surface area contributed by atoms with E-state index >= 15 is 0 Å². The summed E-state index contributed by atoms with van der Waals surface area (Å²) in [5.74, 6) is 0.813. The van der Waals surface area contributed by atoms with Gasteiger partial charge >= 0.3 is 0 Å². The first kappa shape index (κ1) is 17.3. The lowest BCUT2D eigenvalue weighted by Crippen LogP contribution is -2.50. The molecule has 0 saturated carbocycles. The summed E-state index contributed by atoms with van der Waals surface area (Å²) in [5, 5.41) is 0. The molecule has 0 aliphatic carbocycles. The Morgan fingerprint density at radius 3 is 2.32 bits per heavy atom. The summed E-state index contributed by atoms with van der Waals surface area (Å²) in [7, 11) is 0. The van der Waals surface area contributed by atoms with Crippen molar-refractivity contribution in [1.82, 2.24) is 4.90 Å². The van der Waals surface area contributed by atoms with E-state index in [0.717, 1.165) is 38.3 Å². The van der Waals surface area contributed by atoms with E-state index < -0.39 is 0 Å². The molecule has 25 heavy (non-hydrogen) atoms. The van der Waals surface area contributed by atoms with E-state index in [2.05, 4.69) is 43.0 Å². The van der Waals surface area contributed by atoms with Crippen molar-refractivity contribution in [3.8, 4) is 5.75 Å². The monoisotopic (exact) mass is 338 g/mol. The molecule has 1 heterocycles. The summed E-state index contributed by atoms with van der Waals surface area (Å²) < 4.78 is 5.65. The molecule has 0 spiro atoms. The highest BCUT2D eigenvalue weighted by Crippen LogP contribution is 2.21. The average molecular weight is 338 g/mol. The zero-order valence-corrected chi connectivity index (χ0v) is 15.1. The fourth-order valence-corrected chi connectivity index (χ4v) is 3.17. The summed E-state index contributed by atoms with van der Waals surface area (Å²) in [6, 6.07) is 16.4. The molecule has 0 bridgehead atoms. The molecular formula is C21H26N2O2. The van der Waals surface area contributed by atoms with Gasteiger partial charge in [0.15, 0.2) is 6.61 Å². The number of anilines is 1. The zero-order chi connectivity index (χ0) is 17.6. The lowest BCUT2D eigenvalue weighted by molar-refractivity contribution is -0.133. The summed E-state index contributed by atoms with van der Waals surface area (Å²) in [4.78, 5) is 16.6. The van der Waals surface area contributed by atoms with Crippen molar-refractivity contribution in [3.63, 3.8) is 0 Å². The molecule has 2 aromatic carbocycles. The number of aryl methyl sites for hydroxylation is 2. The Hall–Kier alpha value is -2.49. The van der Waals surface area contributed by atoms with Crippen molar-refractivity contribution in [1.29, 1.82) is 0 Å². The minimum atomic E-state index is 0.0593. The van der Waals surface area contributed by atoms with E-state index in [1.807, 2.05) is 29.2 Å². The van der Waals surface area contributed by atoms with Gasteiger partial charge in [0.1, 0.15) is 5.75 Å². The SMILES string of the molecule is CCc1ccc(OCC(=O)N2CCN(c3ccccc3C)CC2)cc1. The Labute approximate surface area is 150 Å². The minimum absolute atomic E-state index is 0.0593. The van der Waals surface area contributed by atoms with Crippen molar-refractivity contribution in [2.24, 2.45) is 0 Å². The Morgan fingerprint density at radius 2 is 1.68 bits per heavy atom. The molecule has 3 rings (SSSR count). The molecule has 1 amide bonds. The normalized spacial score (nSPS) is 14.5. The van der Waals surface area contributed by atoms with E-state index in [9.17, 15) is 4.79 Å². The summed E-state index contributed by atoms with van der Waals surface area (Å²) in [5.41, 5.74) is 3.81. The Kier molecular flexibility index (Phi) is 5.59. The van der Waals surface area contributed by atoms with Gasteiger partial charge in [-0.3, -0.25) is 4.79 Å². The van der Waals surface area contributed by atoms with Crippen LogP contribution >= 0.6 is 0 Å². The predicted octanol–water partition coefficient (Wildman–Crippen LogP) is 3.29. The third-order valence-electron chi connectivity index (χ3n) is 4.78. The maximum Gasteiger partial charge on any atom is 0.260 e. The lowest BCUT2D eigenvalue weighted by Gasteiger charge is -2.36. The molecule has 1 fully saturated rings. The fraction of sp³-hybridized carbons (Fsp3) is 0.381. The second kappa shape index (κ2) is 8.06. The molecule has 132 valence electrons. The smallest absolute Gasteiger partial charge is 0.260 e. The largest absolute Gasteiger partial charge is 0.484 e. The second-order valence-electron chi connectivity index (χ2n) is 6.44. The van der Waals surface area contributed by atoms with Crippen molar-refractivity contribution < 1.29 is 9.53 Å². The Balaban J connectivity index is 1.49. The first-order valence-corrected chi connectivity index (χ1v) is 8.97. The molecule has 4 heteroatoms. The first-order valence-electron chi connectivity index (χ1n) is 8.97. The zero-order valence-electron chi connectivity index (χ0n) is 15.1. The first-order chi connectivity index (χ1) is 12.2. The van der Waals surface area contributed by atoms with Crippen molar-refractivity contribution in [2.45, 2.75) is 20.3 Å². The minimum Gasteiger partial charge on any atom is -0.484 e. The number of para-hydroxylation sites is 1. The van der Waals surface area contributed by atoms with Crippen molar-refractivity contribution in [3.05, 3.63) is 59.7 Å². The number of rotatable bonds is 5. The molecule has 0 radical (unpaired) electrons. The third kappa shape index (κ3) is 4.32. The number of ether oxygens (including phenoxy) is 1. The molecule has 1 aliphatic rings. The standard InChI is InChI=1S/C21H26N2O2/c1-3-18-8-10-19(11-9-18)25-16-21(24)23-14-12-22(13-15-23)20-7-5-4-6-17(20)2/h4-11H,3,12-16H2,1-2H3. The second-order valence-corrected chi connectivity index (χ2v) is 6.44. The molecule has 0 N–H and O–H groups in total. The number of carbonyl (C=O) groups excluding carboxylic acids is 1. The van der Waals surface area contributed by atoms with E-state index in [1.54, 1.807) is 0 Å². The summed E-state index contributed by atoms with van der Waals surface area (Å²) >= 11 is 0. The highest BCUT2D eigenvalue weighted by molar-refractivity contribution is 5.78. The van der Waals surface area contributed by atoms with Gasteiger partial charge in [0.05, 0.1) is 0 Å². The number of carbonyl (C=O) groups is 1. The fourth-order valence-electron chi connectivity index (χ4n) is 3.17. The van der Waals surface area contributed by atoms with Gasteiger partial charge in [-0.2, -0.15) is 0 Å². The van der Waals surface area contributed by atoms with E-state index in [0.29, 0.717) is 0 Å². The van der Waals surface area contributed by atoms with Crippen molar-refractivity contribution in [2.75, 3.05) is 37.7 Å². The average Bonchev–Trinajstić information content (AvgIpc) is 2.67. The van der Waals surface area contributed by atoms with Gasteiger partial charge in [-0.25, -0.2) is 0 Å².